The number of thiophene rings is 1. The van der Waals surface area contributed by atoms with Gasteiger partial charge in [-0.25, -0.2) is 0 Å². The molecule has 7 heteroatoms. The highest BCUT2D eigenvalue weighted by atomic mass is 32.1. The summed E-state index contributed by atoms with van der Waals surface area (Å²) >= 11 is 1.52. The highest BCUT2D eigenvalue weighted by Gasteiger charge is 2.49. The van der Waals surface area contributed by atoms with E-state index in [-0.39, 0.29) is 6.61 Å². The van der Waals surface area contributed by atoms with Crippen LogP contribution in [-0.4, -0.2) is 54.6 Å². The molecule has 2 aliphatic rings. The van der Waals surface area contributed by atoms with E-state index in [4.69, 9.17) is 18.9 Å². The van der Waals surface area contributed by atoms with Gasteiger partial charge in [0.05, 0.1) is 11.5 Å². The summed E-state index contributed by atoms with van der Waals surface area (Å²) in [7, 11) is 1.42. The van der Waals surface area contributed by atoms with Crippen molar-refractivity contribution in [2.24, 2.45) is 0 Å². The highest BCUT2D eigenvalue weighted by Crippen LogP contribution is 2.35. The first-order chi connectivity index (χ1) is 9.20. The zero-order chi connectivity index (χ0) is 13.4. The molecule has 1 aromatic rings. The Labute approximate surface area is 114 Å². The van der Waals surface area contributed by atoms with Crippen LogP contribution >= 0.6 is 11.3 Å². The number of rotatable bonds is 2. The molecule has 0 aromatic carbocycles. The minimum absolute atomic E-state index is 0.289. The van der Waals surface area contributed by atoms with Crippen LogP contribution in [0, 0.1) is 0 Å². The smallest absolute Gasteiger partial charge is 0.193 e. The van der Waals surface area contributed by atoms with Crippen LogP contribution in [0.1, 0.15) is 11.2 Å². The second-order valence-corrected chi connectivity index (χ2v) is 5.52. The zero-order valence-corrected chi connectivity index (χ0v) is 11.2. The van der Waals surface area contributed by atoms with Gasteiger partial charge in [0.15, 0.2) is 12.6 Å². The number of aliphatic hydroxyl groups excluding tert-OH is 2. The molecular formula is C12H16O6S. The number of hydrogen-bond donors (Lipinski definition) is 2. The number of fused-ring (bicyclic) bond motifs is 1. The first-order valence-electron chi connectivity index (χ1n) is 6.05. The van der Waals surface area contributed by atoms with Crippen molar-refractivity contribution >= 4 is 11.3 Å². The lowest BCUT2D eigenvalue weighted by Crippen LogP contribution is -2.62. The number of ether oxygens (including phenoxy) is 4. The first-order valence-corrected chi connectivity index (χ1v) is 6.93. The van der Waals surface area contributed by atoms with Gasteiger partial charge >= 0.3 is 0 Å². The van der Waals surface area contributed by atoms with Gasteiger partial charge in [-0.1, -0.05) is 6.07 Å². The topological polar surface area (TPSA) is 77.4 Å². The van der Waals surface area contributed by atoms with Crippen molar-refractivity contribution in [3.05, 3.63) is 22.4 Å². The third kappa shape index (κ3) is 2.43. The third-order valence-corrected chi connectivity index (χ3v) is 4.24. The Bertz CT molecular complexity index is 408. The monoisotopic (exact) mass is 288 g/mol. The fourth-order valence-electron chi connectivity index (χ4n) is 2.34. The van der Waals surface area contributed by atoms with Gasteiger partial charge in [0.25, 0.3) is 0 Å². The first kappa shape index (κ1) is 13.4. The van der Waals surface area contributed by atoms with E-state index in [1.807, 2.05) is 17.5 Å². The molecule has 2 saturated heterocycles. The molecule has 0 amide bonds. The van der Waals surface area contributed by atoms with Crippen molar-refractivity contribution in [3.8, 4) is 0 Å². The van der Waals surface area contributed by atoms with Crippen molar-refractivity contribution in [3.63, 3.8) is 0 Å². The maximum atomic E-state index is 10.1. The lowest BCUT2D eigenvalue weighted by atomic mass is 9.98. The predicted octanol–water partition coefficient (Wildman–Crippen LogP) is 0.255. The van der Waals surface area contributed by atoms with Crippen LogP contribution in [0.25, 0.3) is 0 Å². The van der Waals surface area contributed by atoms with Crippen LogP contribution in [0.15, 0.2) is 17.5 Å². The maximum absolute atomic E-state index is 10.1. The highest BCUT2D eigenvalue weighted by molar-refractivity contribution is 7.10. The number of hydrogen-bond acceptors (Lipinski definition) is 7. The molecule has 19 heavy (non-hydrogen) atoms. The van der Waals surface area contributed by atoms with Gasteiger partial charge in [-0.05, 0) is 11.4 Å². The van der Waals surface area contributed by atoms with Crippen molar-refractivity contribution in [1.82, 2.24) is 0 Å². The van der Waals surface area contributed by atoms with Crippen LogP contribution in [0.3, 0.4) is 0 Å². The number of aliphatic hydroxyl groups is 2. The third-order valence-electron chi connectivity index (χ3n) is 3.34. The summed E-state index contributed by atoms with van der Waals surface area (Å²) < 4.78 is 21.8. The molecule has 6 nitrogen and oxygen atoms in total. The van der Waals surface area contributed by atoms with Gasteiger partial charge < -0.3 is 29.2 Å². The normalized spacial score (nSPS) is 42.9. The average Bonchev–Trinajstić information content (AvgIpc) is 2.96. The molecule has 106 valence electrons. The van der Waals surface area contributed by atoms with Gasteiger partial charge in [0, 0.05) is 7.11 Å². The van der Waals surface area contributed by atoms with Crippen molar-refractivity contribution in [2.75, 3.05) is 13.7 Å². The molecule has 0 bridgehead atoms. The van der Waals surface area contributed by atoms with E-state index >= 15 is 0 Å². The second kappa shape index (κ2) is 5.45. The van der Waals surface area contributed by atoms with Crippen molar-refractivity contribution in [2.45, 2.75) is 37.0 Å². The van der Waals surface area contributed by atoms with E-state index in [1.165, 1.54) is 18.4 Å². The SMILES string of the molecule is COC1OC2COC(c3cccs3)OC2C(O)C1O. The predicted molar refractivity (Wildman–Crippen MR) is 65.6 cm³/mol. The molecule has 3 rings (SSSR count). The van der Waals surface area contributed by atoms with E-state index in [2.05, 4.69) is 0 Å². The quantitative estimate of drug-likeness (QED) is 0.812. The molecule has 6 atom stereocenters. The van der Waals surface area contributed by atoms with Gasteiger partial charge in [-0.3, -0.25) is 0 Å². The van der Waals surface area contributed by atoms with E-state index in [0.29, 0.717) is 0 Å². The maximum Gasteiger partial charge on any atom is 0.193 e. The van der Waals surface area contributed by atoms with Crippen LogP contribution in [0.4, 0.5) is 0 Å². The van der Waals surface area contributed by atoms with Gasteiger partial charge in [0.2, 0.25) is 0 Å². The fourth-order valence-corrected chi connectivity index (χ4v) is 3.05. The van der Waals surface area contributed by atoms with Gasteiger partial charge in [-0.15, -0.1) is 11.3 Å². The summed E-state index contributed by atoms with van der Waals surface area (Å²) in [5.41, 5.74) is 0. The van der Waals surface area contributed by atoms with E-state index in [9.17, 15) is 10.2 Å². The fraction of sp³-hybridized carbons (Fsp3) is 0.667. The Kier molecular flexibility index (Phi) is 3.86. The van der Waals surface area contributed by atoms with Crippen LogP contribution in [0.5, 0.6) is 0 Å². The molecule has 0 saturated carbocycles. The van der Waals surface area contributed by atoms with Crippen molar-refractivity contribution in [1.29, 1.82) is 0 Å². The molecule has 0 aliphatic carbocycles. The summed E-state index contributed by atoms with van der Waals surface area (Å²) in [5.74, 6) is 0. The summed E-state index contributed by atoms with van der Waals surface area (Å²) in [6, 6.07) is 3.81. The van der Waals surface area contributed by atoms with Crippen LogP contribution in [-0.2, 0) is 18.9 Å². The van der Waals surface area contributed by atoms with E-state index < -0.39 is 37.0 Å². The van der Waals surface area contributed by atoms with Gasteiger partial charge in [-0.2, -0.15) is 0 Å². The van der Waals surface area contributed by atoms with E-state index in [1.54, 1.807) is 0 Å². The largest absolute Gasteiger partial charge is 0.387 e. The Balaban J connectivity index is 1.73. The summed E-state index contributed by atoms with van der Waals surface area (Å²) in [4.78, 5) is 0.925. The van der Waals surface area contributed by atoms with Crippen LogP contribution in [0.2, 0.25) is 0 Å². The minimum Gasteiger partial charge on any atom is -0.387 e. The molecular weight excluding hydrogens is 272 g/mol. The second-order valence-electron chi connectivity index (χ2n) is 4.54. The Hall–Kier alpha value is -0.540. The molecule has 2 fully saturated rings. The molecule has 1 aromatic heterocycles. The average molecular weight is 288 g/mol. The summed E-state index contributed by atoms with van der Waals surface area (Å²) in [6.45, 7) is 0.289. The molecule has 6 unspecified atom stereocenters. The summed E-state index contributed by atoms with van der Waals surface area (Å²) in [6.07, 6.45) is -4.64. The Morgan fingerprint density at radius 1 is 1.32 bits per heavy atom. The molecule has 2 N–H and O–H groups in total. The summed E-state index contributed by atoms with van der Waals surface area (Å²) in [5, 5.41) is 21.9. The Morgan fingerprint density at radius 2 is 2.16 bits per heavy atom. The number of methoxy groups -OCH3 is 1. The molecule has 0 radical (unpaired) electrons. The molecule has 2 aliphatic heterocycles. The lowest BCUT2D eigenvalue weighted by molar-refractivity contribution is -0.357. The molecule has 0 spiro atoms. The van der Waals surface area contributed by atoms with Crippen LogP contribution < -0.4 is 0 Å². The zero-order valence-electron chi connectivity index (χ0n) is 10.3. The lowest BCUT2D eigenvalue weighted by Gasteiger charge is -2.45. The minimum atomic E-state index is -1.13. The molecule has 3 heterocycles. The Morgan fingerprint density at radius 3 is 2.84 bits per heavy atom. The standard InChI is InChI=1S/C12H16O6S/c1-15-12-9(14)8(13)10-6(17-12)5-16-11(18-10)7-3-2-4-19-7/h2-4,6,8-14H,5H2,1H3. The van der Waals surface area contributed by atoms with E-state index in [0.717, 1.165) is 4.88 Å². The van der Waals surface area contributed by atoms with Gasteiger partial charge in [0.1, 0.15) is 24.4 Å². The van der Waals surface area contributed by atoms with Crippen molar-refractivity contribution < 1.29 is 29.2 Å².